The Hall–Kier alpha value is -2.56. The molecule has 0 aromatic heterocycles. The highest BCUT2D eigenvalue weighted by Gasteiger charge is 2.58. The van der Waals surface area contributed by atoms with Gasteiger partial charge in [0.25, 0.3) is 0 Å². The molecule has 3 aliphatic rings. The normalized spacial score (nSPS) is 28.6. The minimum atomic E-state index is -5.71. The third-order valence-electron chi connectivity index (χ3n) is 17.6. The van der Waals surface area contributed by atoms with E-state index in [4.69, 9.17) is 42.2 Å². The van der Waals surface area contributed by atoms with Crippen LogP contribution in [-0.2, 0) is 61.2 Å². The molecule has 2 aliphatic heterocycles. The fraction of sp³-hybridized carbons (Fsp3) is 0.897. The van der Waals surface area contributed by atoms with Crippen LogP contribution in [0.15, 0.2) is 24.3 Å². The number of unbranched alkanes of at least 4 members (excludes halogenated alkanes) is 32. The van der Waals surface area contributed by atoms with Crippen LogP contribution in [0.3, 0.4) is 0 Å². The van der Waals surface area contributed by atoms with E-state index >= 15 is 0 Å². The minimum absolute atomic E-state index is 0.0274. The van der Waals surface area contributed by atoms with Crippen molar-refractivity contribution in [2.75, 3.05) is 26.4 Å². The lowest BCUT2D eigenvalue weighted by molar-refractivity contribution is -0.360. The second kappa shape index (κ2) is 50.7. The number of ether oxygens (including phenoxy) is 7. The molecule has 93 heavy (non-hydrogen) atoms. The van der Waals surface area contributed by atoms with E-state index in [9.17, 15) is 74.9 Å². The van der Waals surface area contributed by atoms with Crippen LogP contribution in [0.5, 0.6) is 0 Å². The van der Waals surface area contributed by atoms with Crippen LogP contribution in [0.25, 0.3) is 0 Å². The predicted octanol–water partition coefficient (Wildman–Crippen LogP) is 8.57. The molecule has 25 heteroatoms. The van der Waals surface area contributed by atoms with E-state index in [0.717, 1.165) is 96.0 Å². The van der Waals surface area contributed by atoms with Crippen LogP contribution in [0.4, 0.5) is 0 Å². The van der Waals surface area contributed by atoms with Gasteiger partial charge in [0, 0.05) is 18.9 Å². The quantitative estimate of drug-likeness (QED) is 0.00678. The van der Waals surface area contributed by atoms with E-state index in [0.29, 0.717) is 12.8 Å². The van der Waals surface area contributed by atoms with Crippen molar-refractivity contribution in [1.82, 2.24) is 0 Å². The third-order valence-corrected chi connectivity index (χ3v) is 18.6. The molecule has 3 rings (SSSR count). The molecule has 2 saturated heterocycles. The van der Waals surface area contributed by atoms with Gasteiger partial charge in [-0.2, -0.15) is 0 Å². The predicted molar refractivity (Wildman–Crippen MR) is 347 cm³/mol. The van der Waals surface area contributed by atoms with Crippen molar-refractivity contribution in [3.8, 4) is 0 Å². The molecular weight excluding hydrogens is 1230 g/mol. The maximum absolute atomic E-state index is 14.3. The van der Waals surface area contributed by atoms with Crippen LogP contribution < -0.4 is 0 Å². The van der Waals surface area contributed by atoms with Crippen LogP contribution in [0.1, 0.15) is 258 Å². The molecule has 18 unspecified atom stereocenters. The second-order valence-electron chi connectivity index (χ2n) is 25.7. The summed E-state index contributed by atoms with van der Waals surface area (Å²) in [5, 5.41) is 110. The first-order chi connectivity index (χ1) is 44.8. The fourth-order valence-corrected chi connectivity index (χ4v) is 12.7. The number of hydrogen-bond acceptors (Lipinski definition) is 23. The van der Waals surface area contributed by atoms with Gasteiger partial charge >= 0.3 is 25.7 Å². The van der Waals surface area contributed by atoms with Crippen molar-refractivity contribution >= 4 is 25.7 Å². The minimum Gasteiger partial charge on any atom is -0.463 e. The van der Waals surface area contributed by atoms with Gasteiger partial charge in [-0.15, -0.1) is 0 Å². The zero-order valence-corrected chi connectivity index (χ0v) is 57.2. The summed E-state index contributed by atoms with van der Waals surface area (Å²) in [6, 6.07) is 0. The van der Waals surface area contributed by atoms with Crippen LogP contribution in [-0.4, -0.2) is 204 Å². The Morgan fingerprint density at radius 2 is 0.817 bits per heavy atom. The summed E-state index contributed by atoms with van der Waals surface area (Å²) in [6.45, 7) is 3.30. The molecule has 2 heterocycles. The van der Waals surface area contributed by atoms with Gasteiger partial charge in [-0.1, -0.05) is 238 Å². The second-order valence-corrected chi connectivity index (χ2v) is 27.1. The highest BCUT2D eigenvalue weighted by atomic mass is 31.2. The van der Waals surface area contributed by atoms with E-state index in [-0.39, 0.29) is 12.8 Å². The summed E-state index contributed by atoms with van der Waals surface area (Å²) in [5.41, 5.74) is 0. The number of allylic oxidation sites excluding steroid dienone is 3. The monoisotopic (exact) mass is 1350 g/mol. The van der Waals surface area contributed by atoms with Crippen molar-refractivity contribution in [1.29, 1.82) is 0 Å². The first-order valence-electron chi connectivity index (χ1n) is 35.7. The standard InChI is InChI=1S/C68H123O24P/c1-4-7-10-13-16-19-22-24-25-26-29-32-35-38-41-44-54(72)87-49(46-84-52(70)42-39-36-33-31-28-23-20-17-14-11-8-5-2)47-86-93(82,83)92-66-64(90-67-62(80)57(75)55(73)50(45-69)88-67)60(78)59(77)61(79)65(66)91-68-63(81)58(76)56(74)51(89-68)48-85-53(71)43-40-37-34-30-27-21-18-15-12-9-6-3/h35,38,41,44,49-51,55-69,73-81H,4-34,36-37,39-40,42-43,45-48H2,1-3H3,(H,82,83)/b38-35+,44-41+. The van der Waals surface area contributed by atoms with Gasteiger partial charge in [0.15, 0.2) is 18.7 Å². The van der Waals surface area contributed by atoms with Crippen molar-refractivity contribution in [3.63, 3.8) is 0 Å². The Labute approximate surface area is 554 Å². The molecule has 1 saturated carbocycles. The Bertz CT molecular complexity index is 2040. The first-order valence-corrected chi connectivity index (χ1v) is 37.2. The molecule has 0 spiro atoms. The Morgan fingerprint density at radius 1 is 0.441 bits per heavy atom. The zero-order chi connectivity index (χ0) is 68.2. The van der Waals surface area contributed by atoms with Crippen molar-refractivity contribution in [3.05, 3.63) is 24.3 Å². The number of phosphoric ester groups is 1. The lowest BCUT2D eigenvalue weighted by atomic mass is 9.84. The molecule has 544 valence electrons. The van der Waals surface area contributed by atoms with Crippen LogP contribution >= 0.6 is 7.82 Å². The molecule has 0 bridgehead atoms. The van der Waals surface area contributed by atoms with Gasteiger partial charge in [-0.3, -0.25) is 18.6 Å². The van der Waals surface area contributed by atoms with Gasteiger partial charge in [0.2, 0.25) is 0 Å². The van der Waals surface area contributed by atoms with E-state index in [1.54, 1.807) is 6.08 Å². The van der Waals surface area contributed by atoms with Gasteiger partial charge in [0.05, 0.1) is 13.2 Å². The Balaban J connectivity index is 1.78. The van der Waals surface area contributed by atoms with E-state index in [1.807, 2.05) is 6.08 Å². The highest BCUT2D eigenvalue weighted by molar-refractivity contribution is 7.47. The largest absolute Gasteiger partial charge is 0.472 e. The number of aliphatic hydroxyl groups excluding tert-OH is 10. The van der Waals surface area contributed by atoms with E-state index in [1.165, 1.54) is 128 Å². The summed E-state index contributed by atoms with van der Waals surface area (Å²) in [7, 11) is -5.71. The maximum Gasteiger partial charge on any atom is 0.472 e. The van der Waals surface area contributed by atoms with Crippen molar-refractivity contribution in [2.45, 2.75) is 362 Å². The van der Waals surface area contributed by atoms with Crippen LogP contribution in [0, 0.1) is 0 Å². The Morgan fingerprint density at radius 3 is 1.25 bits per heavy atom. The summed E-state index contributed by atoms with van der Waals surface area (Å²) in [4.78, 5) is 50.7. The summed E-state index contributed by atoms with van der Waals surface area (Å²) in [6.07, 6.45) is 9.21. The van der Waals surface area contributed by atoms with Crippen LogP contribution in [0.2, 0.25) is 0 Å². The first kappa shape index (κ1) is 84.7. The highest BCUT2D eigenvalue weighted by Crippen LogP contribution is 2.49. The molecule has 0 aromatic carbocycles. The number of carbonyl (C=O) groups excluding carboxylic acids is 3. The van der Waals surface area contributed by atoms with Gasteiger partial charge < -0.3 is 89.1 Å². The molecule has 0 aromatic rings. The molecule has 0 amide bonds. The number of rotatable bonds is 54. The van der Waals surface area contributed by atoms with Gasteiger partial charge in [0.1, 0.15) is 98.7 Å². The summed E-state index contributed by atoms with van der Waals surface area (Å²) < 4.78 is 64.6. The van der Waals surface area contributed by atoms with Crippen molar-refractivity contribution < 1.29 is 117 Å². The van der Waals surface area contributed by atoms with E-state index in [2.05, 4.69) is 20.8 Å². The smallest absolute Gasteiger partial charge is 0.463 e. The Kier molecular flexibility index (Phi) is 46.2. The fourth-order valence-electron chi connectivity index (χ4n) is 11.7. The topological polar surface area (TPSA) is 374 Å². The molecule has 11 N–H and O–H groups in total. The van der Waals surface area contributed by atoms with Crippen molar-refractivity contribution in [2.24, 2.45) is 0 Å². The third kappa shape index (κ3) is 34.7. The average Bonchev–Trinajstić information content (AvgIpc) is 0.825. The molecule has 24 nitrogen and oxygen atoms in total. The molecular formula is C68H123O24P. The maximum atomic E-state index is 14.3. The summed E-state index contributed by atoms with van der Waals surface area (Å²) >= 11 is 0. The number of hydrogen-bond donors (Lipinski definition) is 11. The molecule has 0 radical (unpaired) electrons. The number of aliphatic hydroxyl groups is 10. The lowest BCUT2D eigenvalue weighted by Crippen LogP contribution is -2.69. The number of esters is 3. The molecule has 1 aliphatic carbocycles. The SMILES string of the molecule is CCCCCCCCCCCCC/C=C/C=C/C(=O)OC(COC(=O)CCCCCCCCCCCCCC)COP(=O)(O)OC1C(OC2OC(CO)C(O)C(O)C2O)C(O)C(O)C(O)C1OC1OC(COC(=O)CCCCCCCCCCCCC)C(O)C(O)C1O. The number of phosphoric acid groups is 1. The molecule has 3 fully saturated rings. The average molecular weight is 1360 g/mol. The van der Waals surface area contributed by atoms with Gasteiger partial charge in [-0.05, 0) is 25.7 Å². The molecule has 18 atom stereocenters. The zero-order valence-electron chi connectivity index (χ0n) is 56.3. The number of carbonyl (C=O) groups is 3. The summed E-state index contributed by atoms with van der Waals surface area (Å²) in [5.74, 6) is -2.24. The van der Waals surface area contributed by atoms with Gasteiger partial charge in [-0.25, -0.2) is 9.36 Å². The van der Waals surface area contributed by atoms with E-state index < -0.39 is 156 Å². The lowest BCUT2D eigenvalue weighted by Gasteiger charge is -2.49.